The molecule has 1 heterocycles. The number of aromatic carboxylic acids is 1. The topological polar surface area (TPSA) is 96.3 Å². The van der Waals surface area contributed by atoms with Crippen LogP contribution in [-0.2, 0) is 14.3 Å². The Kier molecular flexibility index (Phi) is 9.27. The van der Waals surface area contributed by atoms with Crippen LogP contribution in [0.15, 0.2) is 42.5 Å². The van der Waals surface area contributed by atoms with E-state index in [1.165, 1.54) is 5.57 Å². The lowest BCUT2D eigenvalue weighted by Crippen LogP contribution is -2.69. The van der Waals surface area contributed by atoms with Crippen molar-refractivity contribution in [2.75, 3.05) is 46.1 Å². The van der Waals surface area contributed by atoms with Gasteiger partial charge in [-0.25, -0.2) is 4.79 Å². The summed E-state index contributed by atoms with van der Waals surface area (Å²) in [5, 5.41) is 20.5. The molecule has 0 unspecified atom stereocenters. The van der Waals surface area contributed by atoms with Crippen molar-refractivity contribution in [2.45, 2.75) is 99.3 Å². The normalized spacial score (nSPS) is 41.7. The summed E-state index contributed by atoms with van der Waals surface area (Å²) >= 11 is 0. The number of benzene rings is 1. The molecule has 0 amide bonds. The fraction of sp³-hybridized carbons (Fsp3) is 0.727. The molecule has 0 bridgehead atoms. The minimum atomic E-state index is -0.889. The number of ether oxygens (including phenoxy) is 2. The van der Waals surface area contributed by atoms with E-state index in [0.29, 0.717) is 30.6 Å². The van der Waals surface area contributed by atoms with Gasteiger partial charge in [-0.05, 0) is 137 Å². The SMILES string of the molecule is C=C(COCCN1CCOCC1)[C@@H]1CC[C@]2(C(=O)O)CC[C@@]3(C)[C@]4(C)CC[C@H]5C(C)(C)C(c6ccc(C(=O)O)cc6)=CC[C@]5(C)[C@H]4CC[C@]3(C)[C@@H]12. The highest BCUT2D eigenvalue weighted by Crippen LogP contribution is 2.81. The second kappa shape index (κ2) is 12.8. The van der Waals surface area contributed by atoms with Gasteiger partial charge >= 0.3 is 11.9 Å². The first kappa shape index (κ1) is 36.9. The smallest absolute Gasteiger partial charge is 0.335 e. The predicted molar refractivity (Wildman–Crippen MR) is 200 cm³/mol. The first-order valence-corrected chi connectivity index (χ1v) is 19.9. The maximum absolute atomic E-state index is 13.4. The molecule has 5 fully saturated rings. The first-order valence-electron chi connectivity index (χ1n) is 19.9. The van der Waals surface area contributed by atoms with E-state index in [0.717, 1.165) is 102 Å². The fourth-order valence-corrected chi connectivity index (χ4v) is 14.2. The van der Waals surface area contributed by atoms with Gasteiger partial charge in [0.15, 0.2) is 0 Å². The second-order valence-corrected chi connectivity index (χ2v) is 19.0. The van der Waals surface area contributed by atoms with E-state index in [1.54, 1.807) is 12.1 Å². The van der Waals surface area contributed by atoms with Crippen LogP contribution in [0.5, 0.6) is 0 Å². The minimum absolute atomic E-state index is 0.00136. The summed E-state index contributed by atoms with van der Waals surface area (Å²) in [6.45, 7) is 25.3. The third kappa shape index (κ3) is 5.36. The van der Waals surface area contributed by atoms with E-state index in [1.807, 2.05) is 12.1 Å². The van der Waals surface area contributed by atoms with Crippen LogP contribution in [0.1, 0.15) is 115 Å². The minimum Gasteiger partial charge on any atom is -0.481 e. The average molecular weight is 702 g/mol. The van der Waals surface area contributed by atoms with Crippen LogP contribution in [0, 0.1) is 56.2 Å². The maximum Gasteiger partial charge on any atom is 0.335 e. The van der Waals surface area contributed by atoms with Gasteiger partial charge in [0.2, 0.25) is 0 Å². The van der Waals surface area contributed by atoms with Crippen molar-refractivity contribution in [3.63, 3.8) is 0 Å². The van der Waals surface area contributed by atoms with Gasteiger partial charge in [0.05, 0.1) is 37.4 Å². The monoisotopic (exact) mass is 701 g/mol. The molecule has 0 radical (unpaired) electrons. The highest BCUT2D eigenvalue weighted by atomic mass is 16.5. The van der Waals surface area contributed by atoms with Crippen molar-refractivity contribution >= 4 is 17.5 Å². The molecular weight excluding hydrogens is 638 g/mol. The summed E-state index contributed by atoms with van der Waals surface area (Å²) in [4.78, 5) is 27.4. The van der Waals surface area contributed by atoms with Gasteiger partial charge in [-0.1, -0.05) is 66.3 Å². The van der Waals surface area contributed by atoms with Gasteiger partial charge in [0.25, 0.3) is 0 Å². The molecule has 6 aliphatic rings. The van der Waals surface area contributed by atoms with Crippen LogP contribution in [-0.4, -0.2) is 73.1 Å². The third-order valence-electron chi connectivity index (χ3n) is 17.1. The van der Waals surface area contributed by atoms with E-state index in [4.69, 9.17) is 9.47 Å². The molecule has 7 heteroatoms. The Hall–Kier alpha value is -2.48. The summed E-state index contributed by atoms with van der Waals surface area (Å²) < 4.78 is 11.8. The molecule has 2 N–H and O–H groups in total. The summed E-state index contributed by atoms with van der Waals surface area (Å²) in [6, 6.07) is 7.48. The van der Waals surface area contributed by atoms with E-state index < -0.39 is 17.4 Å². The number of morpholine rings is 1. The number of hydrogen-bond acceptors (Lipinski definition) is 5. The highest BCUT2D eigenvalue weighted by molar-refractivity contribution is 5.88. The van der Waals surface area contributed by atoms with Gasteiger partial charge in [-0.15, -0.1) is 0 Å². The number of nitrogens with zero attached hydrogens (tertiary/aromatic N) is 1. The van der Waals surface area contributed by atoms with Crippen LogP contribution in [0.3, 0.4) is 0 Å². The van der Waals surface area contributed by atoms with E-state index >= 15 is 0 Å². The Morgan fingerprint density at radius 3 is 2.22 bits per heavy atom. The van der Waals surface area contributed by atoms with Gasteiger partial charge in [0, 0.05) is 19.6 Å². The van der Waals surface area contributed by atoms with Crippen molar-refractivity contribution < 1.29 is 29.3 Å². The molecule has 4 saturated carbocycles. The number of fused-ring (bicyclic) bond motifs is 7. The Morgan fingerprint density at radius 2 is 1.55 bits per heavy atom. The molecule has 1 aromatic rings. The molecule has 1 aromatic carbocycles. The second-order valence-electron chi connectivity index (χ2n) is 19.0. The van der Waals surface area contributed by atoms with E-state index in [9.17, 15) is 19.8 Å². The van der Waals surface area contributed by atoms with Crippen LogP contribution in [0.4, 0.5) is 0 Å². The van der Waals surface area contributed by atoms with E-state index in [-0.39, 0.29) is 38.9 Å². The quantitative estimate of drug-likeness (QED) is 0.196. The Labute approximate surface area is 306 Å². The molecule has 5 aliphatic carbocycles. The molecule has 0 aromatic heterocycles. The van der Waals surface area contributed by atoms with Crippen molar-refractivity contribution in [3.05, 3.63) is 53.6 Å². The lowest BCUT2D eigenvalue weighted by molar-refractivity contribution is -0.263. The number of carboxylic acids is 2. The Bertz CT molecular complexity index is 1580. The van der Waals surface area contributed by atoms with Crippen LogP contribution >= 0.6 is 0 Å². The van der Waals surface area contributed by atoms with Crippen molar-refractivity contribution in [2.24, 2.45) is 56.2 Å². The van der Waals surface area contributed by atoms with Crippen LogP contribution in [0.2, 0.25) is 0 Å². The standard InChI is InChI=1S/C44H63NO6/c1-29(28-51-27-24-45-22-25-50-26-23-45)32-12-19-44(38(48)49)21-20-43(7)41(5)17-14-34-39(2,3)33(30-8-10-31(11-9-30)37(46)47)13-16-40(34,4)35(41)15-18-42(43,6)36(32)44/h8-11,13,32,34-36H,1,12,14-28H2,2-7H3,(H,46,47)(H,48,49)/t32-,34-,35+,36+,40-,41+,42+,43-,44-/m0/s1. The molecule has 0 spiro atoms. The molecule has 7 nitrogen and oxygen atoms in total. The molecule has 1 saturated heterocycles. The highest BCUT2D eigenvalue weighted by Gasteiger charge is 2.75. The number of allylic oxidation sites excluding steroid dienone is 2. The number of carboxylic acid groups (broad SMARTS) is 2. The zero-order valence-electron chi connectivity index (χ0n) is 32.2. The lowest BCUT2D eigenvalue weighted by Gasteiger charge is -2.75. The Balaban J connectivity index is 1.16. The van der Waals surface area contributed by atoms with Crippen LogP contribution < -0.4 is 0 Å². The van der Waals surface area contributed by atoms with Crippen LogP contribution in [0.25, 0.3) is 5.57 Å². The molecule has 280 valence electrons. The molecule has 51 heavy (non-hydrogen) atoms. The van der Waals surface area contributed by atoms with Crippen molar-refractivity contribution in [3.8, 4) is 0 Å². The van der Waals surface area contributed by atoms with E-state index in [2.05, 4.69) is 59.1 Å². The third-order valence-corrected chi connectivity index (χ3v) is 17.1. The molecule has 7 rings (SSSR count). The number of rotatable bonds is 9. The van der Waals surface area contributed by atoms with Gasteiger partial charge in [0.1, 0.15) is 0 Å². The largest absolute Gasteiger partial charge is 0.481 e. The van der Waals surface area contributed by atoms with Crippen molar-refractivity contribution in [1.82, 2.24) is 4.90 Å². The number of hydrogen-bond donors (Lipinski definition) is 2. The molecule has 1 aliphatic heterocycles. The summed E-state index contributed by atoms with van der Waals surface area (Å²) in [6.07, 6.45) is 11.4. The van der Waals surface area contributed by atoms with Gasteiger partial charge in [-0.3, -0.25) is 9.69 Å². The Morgan fingerprint density at radius 1 is 0.882 bits per heavy atom. The van der Waals surface area contributed by atoms with Crippen molar-refractivity contribution in [1.29, 1.82) is 0 Å². The molecule has 9 atom stereocenters. The van der Waals surface area contributed by atoms with Gasteiger partial charge in [-0.2, -0.15) is 0 Å². The number of carbonyl (C=O) groups is 2. The first-order chi connectivity index (χ1) is 24.0. The predicted octanol–water partition coefficient (Wildman–Crippen LogP) is 8.84. The zero-order valence-corrected chi connectivity index (χ0v) is 32.2. The molecular formula is C44H63NO6. The maximum atomic E-state index is 13.4. The summed E-state index contributed by atoms with van der Waals surface area (Å²) in [5.74, 6) is -0.219. The van der Waals surface area contributed by atoms with Gasteiger partial charge < -0.3 is 19.7 Å². The summed E-state index contributed by atoms with van der Waals surface area (Å²) in [7, 11) is 0. The average Bonchev–Trinajstić information content (AvgIpc) is 3.51. The summed E-state index contributed by atoms with van der Waals surface area (Å²) in [5.41, 5.74) is 3.26. The number of aliphatic carboxylic acids is 1. The zero-order chi connectivity index (χ0) is 36.6. The lowest BCUT2D eigenvalue weighted by atomic mass is 9.29. The fourth-order valence-electron chi connectivity index (χ4n) is 14.2.